The molecule has 72 valence electrons. The molecule has 4 heteroatoms. The lowest BCUT2D eigenvalue weighted by Gasteiger charge is -2.21. The molecular weight excluding hydrogens is 174 g/mol. The first-order valence-electron chi connectivity index (χ1n) is 4.20. The summed E-state index contributed by atoms with van der Waals surface area (Å²) < 4.78 is 0. The highest BCUT2D eigenvalue weighted by Crippen LogP contribution is 2.14. The van der Waals surface area contributed by atoms with Crippen molar-refractivity contribution < 1.29 is 9.90 Å². The normalized spacial score (nSPS) is 15.6. The van der Waals surface area contributed by atoms with E-state index in [9.17, 15) is 4.79 Å². The van der Waals surface area contributed by atoms with E-state index >= 15 is 0 Å². The molecule has 0 radical (unpaired) electrons. The molecule has 0 aromatic carbocycles. The summed E-state index contributed by atoms with van der Waals surface area (Å²) in [6.45, 7) is 2.07. The average molecular weight is 191 g/mol. The van der Waals surface area contributed by atoms with Gasteiger partial charge in [-0.05, 0) is 6.42 Å². The van der Waals surface area contributed by atoms with Crippen molar-refractivity contribution in [3.05, 3.63) is 0 Å². The number of carboxylic acids is 1. The molecule has 0 saturated heterocycles. The molecule has 0 aliphatic rings. The summed E-state index contributed by atoms with van der Waals surface area (Å²) in [5.74, 6) is -0.750. The molecule has 3 N–H and O–H groups in total. The maximum Gasteiger partial charge on any atom is 0.324 e. The molecule has 0 aliphatic heterocycles. The van der Waals surface area contributed by atoms with Gasteiger partial charge in [-0.1, -0.05) is 26.2 Å². The molecule has 0 fully saturated rings. The molecule has 0 aromatic rings. The third kappa shape index (κ3) is 3.45. The van der Waals surface area contributed by atoms with Crippen LogP contribution in [-0.2, 0) is 4.79 Å². The van der Waals surface area contributed by atoms with E-state index in [1.165, 1.54) is 0 Å². The largest absolute Gasteiger partial charge is 0.480 e. The quantitative estimate of drug-likeness (QED) is 0.438. The van der Waals surface area contributed by atoms with E-state index in [0.717, 1.165) is 19.3 Å². The molecule has 3 nitrogen and oxygen atoms in total. The van der Waals surface area contributed by atoms with Crippen molar-refractivity contribution in [1.82, 2.24) is 0 Å². The fourth-order valence-electron chi connectivity index (χ4n) is 0.944. The number of rotatable bonds is 6. The standard InChI is InChI=1S/C8H17NO2S/c1-2-3-4-5-8(9,6-12)7(10)11/h12H,2-6,9H2,1H3,(H,10,11). The van der Waals surface area contributed by atoms with Gasteiger partial charge in [-0.3, -0.25) is 4.79 Å². The smallest absolute Gasteiger partial charge is 0.324 e. The minimum atomic E-state index is -1.13. The summed E-state index contributed by atoms with van der Waals surface area (Å²) in [7, 11) is 0. The van der Waals surface area contributed by atoms with Gasteiger partial charge in [0.1, 0.15) is 5.54 Å². The van der Waals surface area contributed by atoms with Crippen LogP contribution in [0.2, 0.25) is 0 Å². The molecule has 0 aliphatic carbocycles. The lowest BCUT2D eigenvalue weighted by Crippen LogP contribution is -2.49. The Morgan fingerprint density at radius 1 is 1.58 bits per heavy atom. The lowest BCUT2D eigenvalue weighted by atomic mass is 9.96. The van der Waals surface area contributed by atoms with Crippen LogP contribution >= 0.6 is 12.6 Å². The molecule has 1 atom stereocenters. The molecule has 0 bridgehead atoms. The van der Waals surface area contributed by atoms with Gasteiger partial charge < -0.3 is 10.8 Å². The third-order valence-corrected chi connectivity index (χ3v) is 2.50. The molecule has 0 saturated carbocycles. The van der Waals surface area contributed by atoms with Gasteiger partial charge in [0.05, 0.1) is 0 Å². The van der Waals surface area contributed by atoms with Crippen LogP contribution in [0.15, 0.2) is 0 Å². The zero-order valence-corrected chi connectivity index (χ0v) is 8.31. The van der Waals surface area contributed by atoms with E-state index in [-0.39, 0.29) is 5.75 Å². The number of nitrogens with two attached hydrogens (primary N) is 1. The SMILES string of the molecule is CCCCCC(N)(CS)C(=O)O. The van der Waals surface area contributed by atoms with Crippen LogP contribution < -0.4 is 5.73 Å². The summed E-state index contributed by atoms with van der Waals surface area (Å²) >= 11 is 3.94. The molecule has 0 amide bonds. The van der Waals surface area contributed by atoms with E-state index < -0.39 is 11.5 Å². The van der Waals surface area contributed by atoms with Gasteiger partial charge in [0.15, 0.2) is 0 Å². The van der Waals surface area contributed by atoms with E-state index in [4.69, 9.17) is 10.8 Å². The number of unbranched alkanes of at least 4 members (excludes halogenated alkanes) is 2. The maximum absolute atomic E-state index is 10.7. The highest BCUT2D eigenvalue weighted by Gasteiger charge is 2.31. The van der Waals surface area contributed by atoms with E-state index in [0.29, 0.717) is 6.42 Å². The Morgan fingerprint density at radius 2 is 2.17 bits per heavy atom. The van der Waals surface area contributed by atoms with Gasteiger partial charge in [0.25, 0.3) is 0 Å². The maximum atomic E-state index is 10.7. The van der Waals surface area contributed by atoms with Crippen molar-refractivity contribution in [2.45, 2.75) is 38.1 Å². The number of thiol groups is 1. The van der Waals surface area contributed by atoms with E-state index in [1.54, 1.807) is 0 Å². The molecule has 0 aromatic heterocycles. The molecule has 0 heterocycles. The first kappa shape index (κ1) is 11.8. The van der Waals surface area contributed by atoms with Crippen LogP contribution in [0.5, 0.6) is 0 Å². The van der Waals surface area contributed by atoms with Crippen molar-refractivity contribution in [3.8, 4) is 0 Å². The molecule has 12 heavy (non-hydrogen) atoms. The first-order chi connectivity index (χ1) is 5.56. The predicted molar refractivity (Wildman–Crippen MR) is 52.5 cm³/mol. The summed E-state index contributed by atoms with van der Waals surface area (Å²) in [6.07, 6.45) is 3.47. The van der Waals surface area contributed by atoms with Crippen molar-refractivity contribution in [3.63, 3.8) is 0 Å². The highest BCUT2D eigenvalue weighted by molar-refractivity contribution is 7.80. The van der Waals surface area contributed by atoms with Crippen LogP contribution in [0, 0.1) is 0 Å². The first-order valence-corrected chi connectivity index (χ1v) is 4.83. The number of aliphatic carboxylic acids is 1. The van der Waals surface area contributed by atoms with Gasteiger partial charge in [0, 0.05) is 5.75 Å². The second-order valence-electron chi connectivity index (χ2n) is 3.08. The fraction of sp³-hybridized carbons (Fsp3) is 0.875. The predicted octanol–water partition coefficient (Wildman–Crippen LogP) is 1.28. The molecule has 1 unspecified atom stereocenters. The molecular formula is C8H17NO2S. The number of carboxylic acid groups (broad SMARTS) is 1. The number of carbonyl (C=O) groups is 1. The minimum Gasteiger partial charge on any atom is -0.480 e. The fourth-order valence-corrected chi connectivity index (χ4v) is 1.24. The van der Waals surface area contributed by atoms with Gasteiger partial charge in [0.2, 0.25) is 0 Å². The number of hydrogen-bond donors (Lipinski definition) is 3. The summed E-state index contributed by atoms with van der Waals surface area (Å²) in [6, 6.07) is 0. The monoisotopic (exact) mass is 191 g/mol. The van der Waals surface area contributed by atoms with Crippen molar-refractivity contribution in [2.75, 3.05) is 5.75 Å². The Labute approximate surface area is 78.7 Å². The summed E-state index contributed by atoms with van der Waals surface area (Å²) in [4.78, 5) is 10.7. The zero-order valence-electron chi connectivity index (χ0n) is 7.42. The van der Waals surface area contributed by atoms with Crippen LogP contribution in [-0.4, -0.2) is 22.4 Å². The second kappa shape index (κ2) is 5.43. The van der Waals surface area contributed by atoms with E-state index in [2.05, 4.69) is 19.6 Å². The summed E-state index contributed by atoms with van der Waals surface area (Å²) in [5.41, 5.74) is 4.48. The summed E-state index contributed by atoms with van der Waals surface area (Å²) in [5, 5.41) is 8.76. The van der Waals surface area contributed by atoms with Crippen molar-refractivity contribution in [1.29, 1.82) is 0 Å². The second-order valence-corrected chi connectivity index (χ2v) is 3.39. The molecule has 0 rings (SSSR count). The zero-order chi connectivity index (χ0) is 9.61. The Hall–Kier alpha value is -0.220. The van der Waals surface area contributed by atoms with Gasteiger partial charge in [-0.15, -0.1) is 0 Å². The highest BCUT2D eigenvalue weighted by atomic mass is 32.1. The van der Waals surface area contributed by atoms with Gasteiger partial charge in [-0.2, -0.15) is 12.6 Å². The lowest BCUT2D eigenvalue weighted by molar-refractivity contribution is -0.142. The minimum absolute atomic E-state index is 0.200. The van der Waals surface area contributed by atoms with Crippen LogP contribution in [0.3, 0.4) is 0 Å². The average Bonchev–Trinajstić information content (AvgIpc) is 2.04. The Morgan fingerprint density at radius 3 is 2.50 bits per heavy atom. The Kier molecular flexibility index (Phi) is 5.33. The van der Waals surface area contributed by atoms with Crippen molar-refractivity contribution in [2.24, 2.45) is 5.73 Å². The third-order valence-electron chi connectivity index (χ3n) is 1.93. The van der Waals surface area contributed by atoms with Crippen LogP contribution in [0.4, 0.5) is 0 Å². The van der Waals surface area contributed by atoms with Gasteiger partial charge >= 0.3 is 5.97 Å². The van der Waals surface area contributed by atoms with Crippen LogP contribution in [0.1, 0.15) is 32.6 Å². The van der Waals surface area contributed by atoms with E-state index in [1.807, 2.05) is 0 Å². The topological polar surface area (TPSA) is 63.3 Å². The number of hydrogen-bond acceptors (Lipinski definition) is 3. The van der Waals surface area contributed by atoms with Gasteiger partial charge in [-0.25, -0.2) is 0 Å². The Bertz CT molecular complexity index is 152. The molecule has 0 spiro atoms. The van der Waals surface area contributed by atoms with Crippen molar-refractivity contribution >= 4 is 18.6 Å². The Balaban J connectivity index is 3.88. The van der Waals surface area contributed by atoms with Crippen LogP contribution in [0.25, 0.3) is 0 Å².